The van der Waals surface area contributed by atoms with Gasteiger partial charge in [-0.3, -0.25) is 0 Å². The number of aryl methyl sites for hydroxylation is 1. The fourth-order valence-corrected chi connectivity index (χ4v) is 1.72. The van der Waals surface area contributed by atoms with Gasteiger partial charge in [-0.05, 0) is 18.6 Å². The van der Waals surface area contributed by atoms with Gasteiger partial charge in [0.1, 0.15) is 6.33 Å². The van der Waals surface area contributed by atoms with E-state index in [1.54, 1.807) is 4.68 Å². The second-order valence-electron chi connectivity index (χ2n) is 3.36. The first kappa shape index (κ1) is 11.1. The summed E-state index contributed by atoms with van der Waals surface area (Å²) in [5, 5.41) is 13.6. The molecule has 4 nitrogen and oxygen atoms in total. The summed E-state index contributed by atoms with van der Waals surface area (Å²) in [6.07, 6.45) is 2.15. The van der Waals surface area contributed by atoms with Crippen molar-refractivity contribution in [1.82, 2.24) is 14.8 Å². The standard InChI is InChI=1S/C11H12ClN3O/c12-10-5-2-1-4-9(10)11-13-8-14-15(11)6-3-7-16/h1-2,4-5,8,16H,3,6-7H2. The first-order valence-electron chi connectivity index (χ1n) is 5.06. The summed E-state index contributed by atoms with van der Waals surface area (Å²) >= 11 is 6.09. The Bertz CT molecular complexity index is 470. The Hall–Kier alpha value is -1.39. The number of aliphatic hydroxyl groups is 1. The Kier molecular flexibility index (Phi) is 3.54. The van der Waals surface area contributed by atoms with E-state index in [2.05, 4.69) is 10.1 Å². The molecule has 0 fully saturated rings. The molecule has 0 aliphatic carbocycles. The van der Waals surface area contributed by atoms with Gasteiger partial charge in [0.25, 0.3) is 0 Å². The number of aromatic nitrogens is 3. The van der Waals surface area contributed by atoms with Crippen LogP contribution in [0.3, 0.4) is 0 Å². The molecule has 84 valence electrons. The van der Waals surface area contributed by atoms with Crippen LogP contribution in [0.5, 0.6) is 0 Å². The lowest BCUT2D eigenvalue weighted by molar-refractivity contribution is 0.277. The van der Waals surface area contributed by atoms with E-state index in [-0.39, 0.29) is 6.61 Å². The fourth-order valence-electron chi connectivity index (χ4n) is 1.50. The number of hydrogen-bond acceptors (Lipinski definition) is 3. The highest BCUT2D eigenvalue weighted by Gasteiger charge is 2.09. The van der Waals surface area contributed by atoms with Gasteiger partial charge in [-0.15, -0.1) is 0 Å². The largest absolute Gasteiger partial charge is 0.396 e. The Balaban J connectivity index is 2.33. The second kappa shape index (κ2) is 5.09. The Morgan fingerprint density at radius 1 is 1.31 bits per heavy atom. The van der Waals surface area contributed by atoms with Crippen molar-refractivity contribution in [3.8, 4) is 11.4 Å². The van der Waals surface area contributed by atoms with Crippen LogP contribution in [-0.4, -0.2) is 26.5 Å². The number of aliphatic hydroxyl groups excluding tert-OH is 1. The maximum absolute atomic E-state index is 8.79. The summed E-state index contributed by atoms with van der Waals surface area (Å²) in [6, 6.07) is 7.51. The lowest BCUT2D eigenvalue weighted by Gasteiger charge is -2.06. The molecule has 0 bridgehead atoms. The summed E-state index contributed by atoms with van der Waals surface area (Å²) in [5.41, 5.74) is 0.861. The minimum atomic E-state index is 0.141. The quantitative estimate of drug-likeness (QED) is 0.885. The summed E-state index contributed by atoms with van der Waals surface area (Å²) in [5.74, 6) is 0.735. The van der Waals surface area contributed by atoms with E-state index >= 15 is 0 Å². The van der Waals surface area contributed by atoms with Gasteiger partial charge in [0.2, 0.25) is 0 Å². The summed E-state index contributed by atoms with van der Waals surface area (Å²) in [7, 11) is 0. The van der Waals surface area contributed by atoms with Gasteiger partial charge in [0, 0.05) is 18.7 Å². The second-order valence-corrected chi connectivity index (χ2v) is 3.77. The maximum Gasteiger partial charge on any atom is 0.159 e. The van der Waals surface area contributed by atoms with Gasteiger partial charge in [-0.25, -0.2) is 9.67 Å². The van der Waals surface area contributed by atoms with Gasteiger partial charge in [0.05, 0.1) is 5.02 Å². The summed E-state index contributed by atoms with van der Waals surface area (Å²) in [6.45, 7) is 0.777. The molecule has 0 saturated heterocycles. The zero-order valence-corrected chi connectivity index (χ0v) is 9.43. The van der Waals surface area contributed by atoms with E-state index in [1.165, 1.54) is 6.33 Å². The predicted molar refractivity (Wildman–Crippen MR) is 62.2 cm³/mol. The van der Waals surface area contributed by atoms with Crippen molar-refractivity contribution in [3.05, 3.63) is 35.6 Å². The molecule has 5 heteroatoms. The molecule has 0 saturated carbocycles. The molecule has 0 spiro atoms. The number of halogens is 1. The first-order valence-corrected chi connectivity index (χ1v) is 5.44. The molecular formula is C11H12ClN3O. The van der Waals surface area contributed by atoms with E-state index in [9.17, 15) is 0 Å². The Morgan fingerprint density at radius 3 is 2.88 bits per heavy atom. The van der Waals surface area contributed by atoms with Crippen LogP contribution in [0.4, 0.5) is 0 Å². The van der Waals surface area contributed by atoms with Crippen LogP contribution in [0.2, 0.25) is 5.02 Å². The normalized spacial score (nSPS) is 10.6. The van der Waals surface area contributed by atoms with Crippen LogP contribution in [0.25, 0.3) is 11.4 Å². The number of hydrogen-bond donors (Lipinski definition) is 1. The highest BCUT2D eigenvalue weighted by atomic mass is 35.5. The average molecular weight is 238 g/mol. The Morgan fingerprint density at radius 2 is 2.12 bits per heavy atom. The predicted octanol–water partition coefficient (Wildman–Crippen LogP) is 1.98. The molecule has 0 aliphatic rings. The van der Waals surface area contributed by atoms with E-state index in [0.29, 0.717) is 18.0 Å². The van der Waals surface area contributed by atoms with Crippen LogP contribution in [0, 0.1) is 0 Å². The molecule has 0 radical (unpaired) electrons. The van der Waals surface area contributed by atoms with Crippen LogP contribution in [0.1, 0.15) is 6.42 Å². The minimum Gasteiger partial charge on any atom is -0.396 e. The molecule has 1 aromatic carbocycles. The van der Waals surface area contributed by atoms with E-state index in [1.807, 2.05) is 24.3 Å². The van der Waals surface area contributed by atoms with Crippen LogP contribution >= 0.6 is 11.6 Å². The minimum absolute atomic E-state index is 0.141. The fraction of sp³-hybridized carbons (Fsp3) is 0.273. The number of rotatable bonds is 4. The zero-order valence-electron chi connectivity index (χ0n) is 8.67. The first-order chi connectivity index (χ1) is 7.83. The molecule has 2 rings (SSSR count). The lowest BCUT2D eigenvalue weighted by Crippen LogP contribution is -2.04. The topological polar surface area (TPSA) is 50.9 Å². The molecule has 0 atom stereocenters. The molecule has 1 N–H and O–H groups in total. The Labute approximate surface area is 98.5 Å². The van der Waals surface area contributed by atoms with E-state index in [0.717, 1.165) is 11.4 Å². The monoisotopic (exact) mass is 237 g/mol. The highest BCUT2D eigenvalue weighted by Crippen LogP contribution is 2.25. The molecule has 0 aliphatic heterocycles. The van der Waals surface area contributed by atoms with Crippen molar-refractivity contribution >= 4 is 11.6 Å². The molecule has 1 aromatic heterocycles. The van der Waals surface area contributed by atoms with Crippen molar-refractivity contribution in [3.63, 3.8) is 0 Å². The van der Waals surface area contributed by atoms with Crippen molar-refractivity contribution in [2.75, 3.05) is 6.61 Å². The van der Waals surface area contributed by atoms with Crippen LogP contribution < -0.4 is 0 Å². The van der Waals surface area contributed by atoms with Gasteiger partial charge >= 0.3 is 0 Å². The van der Waals surface area contributed by atoms with Gasteiger partial charge < -0.3 is 5.11 Å². The molecule has 0 amide bonds. The van der Waals surface area contributed by atoms with E-state index < -0.39 is 0 Å². The molecule has 2 aromatic rings. The van der Waals surface area contributed by atoms with Gasteiger partial charge in [-0.1, -0.05) is 23.7 Å². The van der Waals surface area contributed by atoms with E-state index in [4.69, 9.17) is 16.7 Å². The third kappa shape index (κ3) is 2.23. The molecule has 16 heavy (non-hydrogen) atoms. The third-order valence-corrected chi connectivity index (χ3v) is 2.59. The lowest BCUT2D eigenvalue weighted by atomic mass is 10.2. The third-order valence-electron chi connectivity index (χ3n) is 2.26. The van der Waals surface area contributed by atoms with Crippen molar-refractivity contribution in [1.29, 1.82) is 0 Å². The number of benzene rings is 1. The average Bonchev–Trinajstić information content (AvgIpc) is 2.75. The summed E-state index contributed by atoms with van der Waals surface area (Å²) in [4.78, 5) is 4.19. The highest BCUT2D eigenvalue weighted by molar-refractivity contribution is 6.33. The van der Waals surface area contributed by atoms with Crippen LogP contribution in [0.15, 0.2) is 30.6 Å². The molecule has 0 unspecified atom stereocenters. The van der Waals surface area contributed by atoms with Crippen molar-refractivity contribution in [2.45, 2.75) is 13.0 Å². The van der Waals surface area contributed by atoms with Gasteiger partial charge in [0.15, 0.2) is 5.82 Å². The number of nitrogens with zero attached hydrogens (tertiary/aromatic N) is 3. The summed E-state index contributed by atoms with van der Waals surface area (Å²) < 4.78 is 1.75. The molecular weight excluding hydrogens is 226 g/mol. The van der Waals surface area contributed by atoms with Gasteiger partial charge in [-0.2, -0.15) is 5.10 Å². The van der Waals surface area contributed by atoms with Crippen molar-refractivity contribution < 1.29 is 5.11 Å². The molecule has 1 heterocycles. The SMILES string of the molecule is OCCCn1ncnc1-c1ccccc1Cl. The maximum atomic E-state index is 8.79. The smallest absolute Gasteiger partial charge is 0.159 e. The zero-order chi connectivity index (χ0) is 11.4. The van der Waals surface area contributed by atoms with Crippen LogP contribution in [-0.2, 0) is 6.54 Å². The van der Waals surface area contributed by atoms with Crippen molar-refractivity contribution in [2.24, 2.45) is 0 Å².